The van der Waals surface area contributed by atoms with Gasteiger partial charge in [-0.25, -0.2) is 9.59 Å². The number of aliphatic hydroxyl groups excluding tert-OH is 1. The zero-order valence-electron chi connectivity index (χ0n) is 9.23. The number of urea groups is 1. The molecule has 0 spiro atoms. The molecule has 0 saturated carbocycles. The molecule has 8 heteroatoms. The monoisotopic (exact) mass is 242 g/mol. The van der Waals surface area contributed by atoms with Crippen molar-refractivity contribution in [3.8, 4) is 0 Å². The van der Waals surface area contributed by atoms with Crippen LogP contribution in [0.25, 0.3) is 0 Å². The lowest BCUT2D eigenvalue weighted by Gasteiger charge is -2.12. The highest BCUT2D eigenvalue weighted by molar-refractivity contribution is 5.82. The third kappa shape index (κ3) is 3.76. The standard InChI is InChI=1S/C9H14N4O4/c1-5-6(3-11-13-5)2-10-9(17)12-7(4-14)8(15)16/h3,7,14H,2,4H2,1H3,(H,11,13)(H,15,16)(H2,10,12,17)/t7-/m0/s1. The van der Waals surface area contributed by atoms with Gasteiger partial charge in [-0.05, 0) is 6.92 Å². The predicted molar refractivity (Wildman–Crippen MR) is 57.2 cm³/mol. The maximum absolute atomic E-state index is 11.3. The molecule has 2 amide bonds. The second kappa shape index (κ2) is 5.85. The number of carboxylic acid groups (broad SMARTS) is 1. The Labute approximate surface area is 97.0 Å². The summed E-state index contributed by atoms with van der Waals surface area (Å²) in [6.45, 7) is 1.37. The summed E-state index contributed by atoms with van der Waals surface area (Å²) in [5.74, 6) is -1.29. The number of aromatic nitrogens is 2. The number of rotatable bonds is 5. The number of carbonyl (C=O) groups is 2. The van der Waals surface area contributed by atoms with E-state index in [1.807, 2.05) is 0 Å². The van der Waals surface area contributed by atoms with Gasteiger partial charge in [-0.3, -0.25) is 5.10 Å². The Balaban J connectivity index is 2.40. The number of H-pyrrole nitrogens is 1. The highest BCUT2D eigenvalue weighted by Gasteiger charge is 2.18. The number of amides is 2. The van der Waals surface area contributed by atoms with Crippen molar-refractivity contribution in [2.75, 3.05) is 6.61 Å². The number of hydrogen-bond donors (Lipinski definition) is 5. The molecule has 5 N–H and O–H groups in total. The van der Waals surface area contributed by atoms with Crippen LogP contribution in [0.2, 0.25) is 0 Å². The molecule has 0 bridgehead atoms. The summed E-state index contributed by atoms with van der Waals surface area (Å²) in [5, 5.41) is 28.4. The van der Waals surface area contributed by atoms with Gasteiger partial charge in [0.2, 0.25) is 0 Å². The van der Waals surface area contributed by atoms with Crippen molar-refractivity contribution in [1.82, 2.24) is 20.8 Å². The van der Waals surface area contributed by atoms with E-state index in [4.69, 9.17) is 10.2 Å². The van der Waals surface area contributed by atoms with Crippen LogP contribution in [-0.2, 0) is 11.3 Å². The van der Waals surface area contributed by atoms with Crippen LogP contribution in [0, 0.1) is 6.92 Å². The molecule has 0 saturated heterocycles. The second-order valence-corrected chi connectivity index (χ2v) is 3.42. The van der Waals surface area contributed by atoms with Crippen LogP contribution in [0.5, 0.6) is 0 Å². The number of nitrogens with one attached hydrogen (secondary N) is 3. The Morgan fingerprint density at radius 1 is 1.59 bits per heavy atom. The lowest BCUT2D eigenvalue weighted by Crippen LogP contribution is -2.47. The molecule has 0 radical (unpaired) electrons. The number of aliphatic carboxylic acids is 1. The number of hydrogen-bond acceptors (Lipinski definition) is 4. The molecule has 94 valence electrons. The number of aromatic amines is 1. The van der Waals surface area contributed by atoms with E-state index in [1.165, 1.54) is 0 Å². The van der Waals surface area contributed by atoms with Crippen LogP contribution in [0.3, 0.4) is 0 Å². The maximum Gasteiger partial charge on any atom is 0.328 e. The molecule has 0 aliphatic carbocycles. The number of aliphatic hydroxyl groups is 1. The molecular formula is C9H14N4O4. The van der Waals surface area contributed by atoms with Gasteiger partial charge < -0.3 is 20.8 Å². The van der Waals surface area contributed by atoms with E-state index in [9.17, 15) is 9.59 Å². The first-order valence-corrected chi connectivity index (χ1v) is 4.91. The third-order valence-electron chi connectivity index (χ3n) is 2.16. The van der Waals surface area contributed by atoms with Gasteiger partial charge in [-0.2, -0.15) is 5.10 Å². The average Bonchev–Trinajstić information content (AvgIpc) is 2.68. The van der Waals surface area contributed by atoms with Gasteiger partial charge in [-0.15, -0.1) is 0 Å². The Morgan fingerprint density at radius 3 is 2.76 bits per heavy atom. The first-order valence-electron chi connectivity index (χ1n) is 4.91. The van der Waals surface area contributed by atoms with E-state index < -0.39 is 24.6 Å². The molecular weight excluding hydrogens is 228 g/mol. The van der Waals surface area contributed by atoms with E-state index in [-0.39, 0.29) is 6.54 Å². The zero-order valence-corrected chi connectivity index (χ0v) is 9.23. The molecule has 0 aliphatic rings. The van der Waals surface area contributed by atoms with Gasteiger partial charge in [0.05, 0.1) is 12.8 Å². The van der Waals surface area contributed by atoms with Crippen molar-refractivity contribution >= 4 is 12.0 Å². The Hall–Kier alpha value is -2.09. The minimum atomic E-state index is -1.31. The first-order chi connectivity index (χ1) is 8.04. The number of nitrogens with zero attached hydrogens (tertiary/aromatic N) is 1. The normalized spacial score (nSPS) is 11.9. The smallest absolute Gasteiger partial charge is 0.328 e. The molecule has 17 heavy (non-hydrogen) atoms. The number of carbonyl (C=O) groups excluding carboxylic acids is 1. The third-order valence-corrected chi connectivity index (χ3v) is 2.16. The van der Waals surface area contributed by atoms with Crippen molar-refractivity contribution in [3.63, 3.8) is 0 Å². The lowest BCUT2D eigenvalue weighted by molar-refractivity contribution is -0.140. The fourth-order valence-electron chi connectivity index (χ4n) is 1.12. The van der Waals surface area contributed by atoms with Gasteiger partial charge in [-0.1, -0.05) is 0 Å². The van der Waals surface area contributed by atoms with Crippen molar-refractivity contribution in [1.29, 1.82) is 0 Å². The number of aryl methyl sites for hydroxylation is 1. The summed E-state index contributed by atoms with van der Waals surface area (Å²) in [6, 6.07) is -1.97. The quantitative estimate of drug-likeness (QED) is 0.451. The molecule has 1 rings (SSSR count). The van der Waals surface area contributed by atoms with Crippen molar-refractivity contribution in [2.45, 2.75) is 19.5 Å². The molecule has 0 unspecified atom stereocenters. The highest BCUT2D eigenvalue weighted by Crippen LogP contribution is 2.00. The molecule has 0 fully saturated rings. The van der Waals surface area contributed by atoms with Crippen LogP contribution in [-0.4, -0.2) is 45.1 Å². The Kier molecular flexibility index (Phi) is 4.46. The summed E-state index contributed by atoms with van der Waals surface area (Å²) < 4.78 is 0. The van der Waals surface area contributed by atoms with Crippen LogP contribution < -0.4 is 10.6 Å². The summed E-state index contributed by atoms with van der Waals surface area (Å²) >= 11 is 0. The largest absolute Gasteiger partial charge is 0.480 e. The van der Waals surface area contributed by atoms with Crippen molar-refractivity contribution < 1.29 is 19.8 Å². The minimum absolute atomic E-state index is 0.228. The van der Waals surface area contributed by atoms with Gasteiger partial charge in [0.25, 0.3) is 0 Å². The van der Waals surface area contributed by atoms with E-state index in [1.54, 1.807) is 13.1 Å². The van der Waals surface area contributed by atoms with Crippen LogP contribution in [0.1, 0.15) is 11.3 Å². The van der Waals surface area contributed by atoms with Gasteiger partial charge in [0, 0.05) is 17.8 Å². The molecule has 1 atom stereocenters. The first kappa shape index (κ1) is 13.0. The second-order valence-electron chi connectivity index (χ2n) is 3.42. The maximum atomic E-state index is 11.3. The molecule has 1 aromatic heterocycles. The van der Waals surface area contributed by atoms with E-state index in [2.05, 4.69) is 20.8 Å². The summed E-state index contributed by atoms with van der Waals surface area (Å²) in [5.41, 5.74) is 1.62. The van der Waals surface area contributed by atoms with E-state index in [0.29, 0.717) is 0 Å². The average molecular weight is 242 g/mol. The lowest BCUT2D eigenvalue weighted by atomic mass is 10.2. The zero-order chi connectivity index (χ0) is 12.8. The fraction of sp³-hybridized carbons (Fsp3) is 0.444. The van der Waals surface area contributed by atoms with Crippen molar-refractivity contribution in [2.24, 2.45) is 0 Å². The van der Waals surface area contributed by atoms with Crippen LogP contribution in [0.15, 0.2) is 6.20 Å². The SMILES string of the molecule is Cc1[nH]ncc1CNC(=O)N[C@@H](CO)C(=O)O. The Morgan fingerprint density at radius 2 is 2.29 bits per heavy atom. The number of carboxylic acids is 1. The summed E-state index contributed by atoms with van der Waals surface area (Å²) in [7, 11) is 0. The summed E-state index contributed by atoms with van der Waals surface area (Å²) in [6.07, 6.45) is 1.57. The molecule has 1 heterocycles. The molecule has 1 aromatic rings. The van der Waals surface area contributed by atoms with Crippen LogP contribution >= 0.6 is 0 Å². The van der Waals surface area contributed by atoms with Gasteiger partial charge >= 0.3 is 12.0 Å². The van der Waals surface area contributed by atoms with Gasteiger partial charge in [0.1, 0.15) is 0 Å². The Bertz CT molecular complexity index is 403. The van der Waals surface area contributed by atoms with E-state index >= 15 is 0 Å². The summed E-state index contributed by atoms with van der Waals surface area (Å²) in [4.78, 5) is 21.8. The molecule has 0 aliphatic heterocycles. The minimum Gasteiger partial charge on any atom is -0.480 e. The van der Waals surface area contributed by atoms with E-state index in [0.717, 1.165) is 11.3 Å². The molecule has 0 aromatic carbocycles. The highest BCUT2D eigenvalue weighted by atomic mass is 16.4. The van der Waals surface area contributed by atoms with Crippen molar-refractivity contribution in [3.05, 3.63) is 17.5 Å². The predicted octanol–water partition coefficient (Wildman–Crippen LogP) is -1.04. The van der Waals surface area contributed by atoms with Gasteiger partial charge in [0.15, 0.2) is 6.04 Å². The fourth-order valence-corrected chi connectivity index (χ4v) is 1.12. The van der Waals surface area contributed by atoms with Crippen LogP contribution in [0.4, 0.5) is 4.79 Å². The topological polar surface area (TPSA) is 127 Å². The molecule has 8 nitrogen and oxygen atoms in total.